The van der Waals surface area contributed by atoms with E-state index < -0.39 is 5.92 Å². The number of thioether (sulfide) groups is 1. The highest BCUT2D eigenvalue weighted by molar-refractivity contribution is 8.02. The van der Waals surface area contributed by atoms with Crippen molar-refractivity contribution in [3.05, 3.63) is 109 Å². The van der Waals surface area contributed by atoms with Crippen molar-refractivity contribution in [3.63, 3.8) is 0 Å². The molecule has 4 nitrogen and oxygen atoms in total. The van der Waals surface area contributed by atoms with Crippen LogP contribution in [-0.4, -0.2) is 5.91 Å². The van der Waals surface area contributed by atoms with E-state index in [2.05, 4.69) is 16.7 Å². The summed E-state index contributed by atoms with van der Waals surface area (Å²) in [4.78, 5) is 14.3. The smallest absolute Gasteiger partial charge is 0.254 e. The van der Waals surface area contributed by atoms with Gasteiger partial charge >= 0.3 is 0 Å². The number of halogens is 1. The molecular weight excluding hydrogens is 458 g/mol. The highest BCUT2D eigenvalue weighted by Crippen LogP contribution is 2.43. The number of benzene rings is 2. The molecule has 1 atom stereocenters. The van der Waals surface area contributed by atoms with Gasteiger partial charge in [-0.1, -0.05) is 54.1 Å². The number of hydrogen-bond acceptors (Lipinski definition) is 5. The number of rotatable bonds is 6. The molecule has 0 spiro atoms. The number of thiophene rings is 1. The van der Waals surface area contributed by atoms with Crippen LogP contribution in [-0.2, 0) is 10.5 Å². The number of hydrogen-bond donors (Lipinski definition) is 2. The Hall–Kier alpha value is -2.98. The van der Waals surface area contributed by atoms with Crippen molar-refractivity contribution in [1.82, 2.24) is 5.32 Å². The fourth-order valence-corrected chi connectivity index (χ4v) is 5.77. The molecule has 0 unspecified atom stereocenters. The molecule has 1 amide bonds. The third-order valence-corrected chi connectivity index (χ3v) is 7.45. The Labute approximate surface area is 200 Å². The van der Waals surface area contributed by atoms with Crippen molar-refractivity contribution >= 4 is 46.3 Å². The first-order valence-electron chi connectivity index (χ1n) is 9.96. The molecule has 4 rings (SSSR count). The highest BCUT2D eigenvalue weighted by Gasteiger charge is 2.35. The Bertz CT molecular complexity index is 1230. The second-order valence-corrected chi connectivity index (χ2v) is 9.54. The molecule has 7 heteroatoms. The number of carbonyl (C=O) groups excluding carboxylic acids is 1. The molecule has 3 aromatic rings. The van der Waals surface area contributed by atoms with Crippen molar-refractivity contribution in [1.29, 1.82) is 5.26 Å². The average molecular weight is 478 g/mol. The van der Waals surface area contributed by atoms with Gasteiger partial charge in [0, 0.05) is 32.6 Å². The maximum absolute atomic E-state index is 13.3. The zero-order chi connectivity index (χ0) is 22.5. The zero-order valence-corrected chi connectivity index (χ0v) is 19.7. The fraction of sp³-hybridized carbons (Fsp3) is 0.120. The van der Waals surface area contributed by atoms with Crippen LogP contribution in [0.25, 0.3) is 0 Å². The van der Waals surface area contributed by atoms with E-state index in [1.165, 1.54) is 23.1 Å². The van der Waals surface area contributed by atoms with E-state index in [1.807, 2.05) is 79.0 Å². The lowest BCUT2D eigenvalue weighted by Gasteiger charge is -2.29. The average Bonchev–Trinajstić information content (AvgIpc) is 3.33. The molecule has 0 radical (unpaired) electrons. The van der Waals surface area contributed by atoms with Crippen molar-refractivity contribution in [2.75, 3.05) is 5.32 Å². The summed E-state index contributed by atoms with van der Waals surface area (Å²) in [5.74, 6) is -0.0374. The molecule has 0 saturated carbocycles. The van der Waals surface area contributed by atoms with Gasteiger partial charge in [-0.15, -0.1) is 23.1 Å². The molecule has 32 heavy (non-hydrogen) atoms. The van der Waals surface area contributed by atoms with Crippen LogP contribution in [0, 0.1) is 11.3 Å². The van der Waals surface area contributed by atoms with E-state index in [4.69, 9.17) is 11.6 Å². The lowest BCUT2D eigenvalue weighted by atomic mass is 9.86. The normalized spacial score (nSPS) is 15.8. The molecule has 1 aromatic heterocycles. The summed E-state index contributed by atoms with van der Waals surface area (Å²) in [5.41, 5.74) is 3.53. The standard InChI is InChI=1S/C25H20ClN3OS2/c1-16-22(24(30)29-18-9-3-2-4-10-18)23(21-12-7-13-31-21)19(14-27)25(28-16)32-15-17-8-5-6-11-20(17)26/h2-13,23,28H,15H2,1H3,(H,29,30)/t23-/m1/s1. The van der Waals surface area contributed by atoms with Crippen molar-refractivity contribution < 1.29 is 4.79 Å². The van der Waals surface area contributed by atoms with Gasteiger partial charge in [0.15, 0.2) is 0 Å². The van der Waals surface area contributed by atoms with Crippen LogP contribution in [0.1, 0.15) is 23.3 Å². The Morgan fingerprint density at radius 3 is 2.59 bits per heavy atom. The molecule has 2 aromatic carbocycles. The van der Waals surface area contributed by atoms with Crippen LogP contribution in [0.15, 0.2) is 94.0 Å². The third-order valence-electron chi connectivity index (χ3n) is 5.08. The number of allylic oxidation sites excluding steroid dienone is 2. The third kappa shape index (κ3) is 4.76. The van der Waals surface area contributed by atoms with E-state index in [0.717, 1.165) is 21.2 Å². The number of nitriles is 1. The second-order valence-electron chi connectivity index (χ2n) is 7.17. The van der Waals surface area contributed by atoms with Crippen LogP contribution < -0.4 is 10.6 Å². The van der Waals surface area contributed by atoms with Gasteiger partial charge in [-0.3, -0.25) is 4.79 Å². The van der Waals surface area contributed by atoms with Gasteiger partial charge in [0.2, 0.25) is 0 Å². The van der Waals surface area contributed by atoms with Crippen LogP contribution >= 0.6 is 34.7 Å². The first kappa shape index (κ1) is 22.2. The Balaban J connectivity index is 1.68. The number of anilines is 1. The minimum Gasteiger partial charge on any atom is -0.353 e. The van der Waals surface area contributed by atoms with Gasteiger partial charge in [-0.25, -0.2) is 0 Å². The van der Waals surface area contributed by atoms with Gasteiger partial charge in [0.1, 0.15) is 0 Å². The molecular formula is C25H20ClN3OS2. The number of amides is 1. The molecule has 160 valence electrons. The number of dihydropyridines is 1. The van der Waals surface area contributed by atoms with E-state index in [9.17, 15) is 10.1 Å². The summed E-state index contributed by atoms with van der Waals surface area (Å²) in [5, 5.41) is 19.8. The lowest BCUT2D eigenvalue weighted by Crippen LogP contribution is -2.30. The van der Waals surface area contributed by atoms with E-state index >= 15 is 0 Å². The number of carbonyl (C=O) groups is 1. The van der Waals surface area contributed by atoms with Crippen molar-refractivity contribution in [2.24, 2.45) is 0 Å². The summed E-state index contributed by atoms with van der Waals surface area (Å²) in [6.45, 7) is 1.88. The van der Waals surface area contributed by atoms with Crippen molar-refractivity contribution in [2.45, 2.75) is 18.6 Å². The minimum atomic E-state index is -0.432. The Morgan fingerprint density at radius 2 is 1.91 bits per heavy atom. The van der Waals surface area contributed by atoms with Gasteiger partial charge in [0.05, 0.1) is 22.6 Å². The SMILES string of the molecule is CC1=C(C(=O)Nc2ccccc2)[C@@H](c2cccs2)C(C#N)=C(SCc2ccccc2Cl)N1. The van der Waals surface area contributed by atoms with Gasteiger partial charge in [-0.2, -0.15) is 5.26 Å². The molecule has 0 aliphatic carbocycles. The molecule has 2 N–H and O–H groups in total. The lowest BCUT2D eigenvalue weighted by molar-refractivity contribution is -0.113. The summed E-state index contributed by atoms with van der Waals surface area (Å²) in [7, 11) is 0. The molecule has 1 aliphatic heterocycles. The first-order chi connectivity index (χ1) is 15.6. The van der Waals surface area contributed by atoms with Crippen LogP contribution in [0.4, 0.5) is 5.69 Å². The summed E-state index contributed by atoms with van der Waals surface area (Å²) < 4.78 is 0. The molecule has 0 bridgehead atoms. The van der Waals surface area contributed by atoms with E-state index in [-0.39, 0.29) is 5.91 Å². The van der Waals surface area contributed by atoms with Gasteiger partial charge in [-0.05, 0) is 42.1 Å². The van der Waals surface area contributed by atoms with Gasteiger partial charge < -0.3 is 10.6 Å². The summed E-state index contributed by atoms with van der Waals surface area (Å²) >= 11 is 9.38. The molecule has 2 heterocycles. The highest BCUT2D eigenvalue weighted by atomic mass is 35.5. The topological polar surface area (TPSA) is 64.9 Å². The van der Waals surface area contributed by atoms with Crippen LogP contribution in [0.2, 0.25) is 5.02 Å². The maximum Gasteiger partial charge on any atom is 0.254 e. The molecule has 0 fully saturated rings. The van der Waals surface area contributed by atoms with Gasteiger partial charge in [0.25, 0.3) is 5.91 Å². The predicted octanol–water partition coefficient (Wildman–Crippen LogP) is 6.67. The monoisotopic (exact) mass is 477 g/mol. The molecule has 1 aliphatic rings. The van der Waals surface area contributed by atoms with Crippen molar-refractivity contribution in [3.8, 4) is 6.07 Å². The van der Waals surface area contributed by atoms with E-state index in [0.29, 0.717) is 27.6 Å². The van der Waals surface area contributed by atoms with Crippen LogP contribution in [0.5, 0.6) is 0 Å². The maximum atomic E-state index is 13.3. The minimum absolute atomic E-state index is 0.220. The van der Waals surface area contributed by atoms with Crippen LogP contribution in [0.3, 0.4) is 0 Å². The Morgan fingerprint density at radius 1 is 1.16 bits per heavy atom. The fourth-order valence-electron chi connectivity index (χ4n) is 3.55. The largest absolute Gasteiger partial charge is 0.353 e. The van der Waals surface area contributed by atoms with E-state index in [1.54, 1.807) is 0 Å². The number of nitrogens with zero attached hydrogens (tertiary/aromatic N) is 1. The number of nitrogens with one attached hydrogen (secondary N) is 2. The number of para-hydroxylation sites is 1. The molecule has 0 saturated heterocycles. The zero-order valence-electron chi connectivity index (χ0n) is 17.3. The Kier molecular flexibility index (Phi) is 7.01. The summed E-state index contributed by atoms with van der Waals surface area (Å²) in [6, 6.07) is 23.3. The second kappa shape index (κ2) is 10.1. The predicted molar refractivity (Wildman–Crippen MR) is 133 cm³/mol. The quantitative estimate of drug-likeness (QED) is 0.416. The summed E-state index contributed by atoms with van der Waals surface area (Å²) in [6.07, 6.45) is 0. The first-order valence-corrected chi connectivity index (χ1v) is 12.2.